The van der Waals surface area contributed by atoms with Crippen LogP contribution in [0.4, 0.5) is 0 Å². The van der Waals surface area contributed by atoms with Crippen LogP contribution in [-0.4, -0.2) is 137 Å². The van der Waals surface area contributed by atoms with E-state index < -0.39 is 7.12 Å². The zero-order valence-corrected chi connectivity index (χ0v) is 23.5. The maximum absolute atomic E-state index is 9.78. The van der Waals surface area contributed by atoms with Gasteiger partial charge in [-0.25, -0.2) is 0 Å². The van der Waals surface area contributed by atoms with Gasteiger partial charge in [0.25, 0.3) is 0 Å². The summed E-state index contributed by atoms with van der Waals surface area (Å²) in [7, 11) is 1.66. The lowest BCUT2D eigenvalue weighted by Crippen LogP contribution is -2.34. The molecule has 0 aliphatic rings. The Bertz CT molecular complexity index is 668. The first-order valence-electron chi connectivity index (χ1n) is 13.3. The van der Waals surface area contributed by atoms with E-state index in [0.29, 0.717) is 123 Å². The second-order valence-electron chi connectivity index (χ2n) is 8.17. The van der Waals surface area contributed by atoms with E-state index in [1.807, 2.05) is 12.1 Å². The molecule has 39 heavy (non-hydrogen) atoms. The van der Waals surface area contributed by atoms with Crippen LogP contribution in [0.1, 0.15) is 11.1 Å². The molecule has 0 heterocycles. The van der Waals surface area contributed by atoms with Gasteiger partial charge in [0.1, 0.15) is 0 Å². The predicted octanol–water partition coefficient (Wildman–Crippen LogP) is -0.208. The highest BCUT2D eigenvalue weighted by atomic mass is 16.6. The Labute approximate surface area is 232 Å². The van der Waals surface area contributed by atoms with Crippen molar-refractivity contribution in [2.24, 2.45) is 0 Å². The summed E-state index contributed by atoms with van der Waals surface area (Å²) in [5.41, 5.74) is 1.90. The molecule has 1 rings (SSSR count). The molecule has 1 aromatic carbocycles. The van der Waals surface area contributed by atoms with Crippen LogP contribution >= 0.6 is 0 Å². The number of benzene rings is 1. The third kappa shape index (κ3) is 21.3. The molecule has 13 heteroatoms. The van der Waals surface area contributed by atoms with E-state index in [1.54, 1.807) is 20.3 Å². The molecule has 0 fully saturated rings. The van der Waals surface area contributed by atoms with Gasteiger partial charge < -0.3 is 57.4 Å². The van der Waals surface area contributed by atoms with E-state index in [4.69, 9.17) is 47.4 Å². The third-order valence-electron chi connectivity index (χ3n) is 5.11. The van der Waals surface area contributed by atoms with Gasteiger partial charge in [-0.05, 0) is 16.6 Å². The van der Waals surface area contributed by atoms with Gasteiger partial charge in [0.15, 0.2) is 0 Å². The molecule has 0 aromatic heterocycles. The van der Waals surface area contributed by atoms with Crippen molar-refractivity contribution in [2.45, 2.75) is 13.2 Å². The van der Waals surface area contributed by atoms with Crippen molar-refractivity contribution in [3.8, 4) is 0 Å². The van der Waals surface area contributed by atoms with Crippen molar-refractivity contribution in [3.05, 3.63) is 29.3 Å². The van der Waals surface area contributed by atoms with Crippen molar-refractivity contribution in [3.63, 3.8) is 0 Å². The molecular formula is C26H47BO12. The Balaban J connectivity index is 2.07. The van der Waals surface area contributed by atoms with Crippen molar-refractivity contribution in [2.75, 3.05) is 120 Å². The molecule has 0 amide bonds. The largest absolute Gasteiger partial charge is 0.488 e. The third-order valence-corrected chi connectivity index (χ3v) is 5.11. The summed E-state index contributed by atoms with van der Waals surface area (Å²) in [4.78, 5) is 0. The van der Waals surface area contributed by atoms with Crippen molar-refractivity contribution in [1.29, 1.82) is 0 Å². The van der Waals surface area contributed by atoms with Gasteiger partial charge in [0.2, 0.25) is 0 Å². The number of ether oxygens (including phenoxy) is 10. The number of rotatable bonds is 29. The van der Waals surface area contributed by atoms with Crippen LogP contribution in [-0.2, 0) is 60.6 Å². The van der Waals surface area contributed by atoms with Crippen LogP contribution in [0.3, 0.4) is 0 Å². The molecule has 0 atom stereocenters. The Kier molecular flexibility index (Phi) is 24.8. The molecule has 1 aromatic rings. The molecule has 0 aliphatic carbocycles. The van der Waals surface area contributed by atoms with E-state index in [0.717, 1.165) is 5.56 Å². The highest BCUT2D eigenvalue weighted by Crippen LogP contribution is 2.06. The molecule has 2 N–H and O–H groups in total. The first-order chi connectivity index (χ1) is 19.2. The topological polar surface area (TPSA) is 133 Å². The minimum Gasteiger partial charge on any atom is -0.423 e. The van der Waals surface area contributed by atoms with E-state index >= 15 is 0 Å². The maximum Gasteiger partial charge on any atom is 0.488 e. The summed E-state index contributed by atoms with van der Waals surface area (Å²) in [6.45, 7) is 8.43. The highest BCUT2D eigenvalue weighted by Gasteiger charge is 2.17. The summed E-state index contributed by atoms with van der Waals surface area (Å²) < 4.78 is 53.4. The molecule has 0 aliphatic heterocycles. The number of hydrogen-bond acceptors (Lipinski definition) is 12. The average Bonchev–Trinajstić information content (AvgIpc) is 2.94. The van der Waals surface area contributed by atoms with Gasteiger partial charge in [0, 0.05) is 14.2 Å². The lowest BCUT2D eigenvalue weighted by Gasteiger charge is -2.13. The first kappa shape index (κ1) is 35.8. The summed E-state index contributed by atoms with van der Waals surface area (Å²) in [5, 5.41) is 19.6. The summed E-state index contributed by atoms with van der Waals surface area (Å²) in [5.74, 6) is 0. The van der Waals surface area contributed by atoms with Crippen molar-refractivity contribution in [1.82, 2.24) is 0 Å². The quantitative estimate of drug-likeness (QED) is 0.0989. The normalized spacial score (nSPS) is 11.4. The molecule has 12 nitrogen and oxygen atoms in total. The minimum atomic E-state index is -1.61. The smallest absolute Gasteiger partial charge is 0.423 e. The summed E-state index contributed by atoms with van der Waals surface area (Å²) in [6.07, 6.45) is 0. The second-order valence-corrected chi connectivity index (χ2v) is 8.17. The van der Waals surface area contributed by atoms with E-state index in [2.05, 4.69) is 0 Å². The number of methoxy groups -OCH3 is 2. The zero-order valence-electron chi connectivity index (χ0n) is 23.5. The fourth-order valence-corrected chi connectivity index (χ4v) is 3.08. The molecular weight excluding hydrogens is 515 g/mol. The van der Waals surface area contributed by atoms with Crippen LogP contribution < -0.4 is 5.46 Å². The van der Waals surface area contributed by atoms with Gasteiger partial charge in [-0.2, -0.15) is 0 Å². The van der Waals surface area contributed by atoms with Crippen LogP contribution in [0.15, 0.2) is 18.2 Å². The van der Waals surface area contributed by atoms with Gasteiger partial charge in [0.05, 0.1) is 119 Å². The van der Waals surface area contributed by atoms with E-state index in [1.165, 1.54) is 0 Å². The monoisotopic (exact) mass is 562 g/mol. The Morgan fingerprint density at radius 1 is 0.487 bits per heavy atom. The van der Waals surface area contributed by atoms with Crippen molar-refractivity contribution >= 4 is 12.6 Å². The maximum atomic E-state index is 9.78. The molecule has 0 saturated carbocycles. The SMILES string of the molecule is COCCOCCOCCOCCOCc1ccc(COCCOCCOCCOCCOC)c(B(O)O)c1. The molecule has 226 valence electrons. The average molecular weight is 562 g/mol. The Morgan fingerprint density at radius 2 is 0.846 bits per heavy atom. The number of hydrogen-bond donors (Lipinski definition) is 2. The standard InChI is InChI=1S/C26H47BO12/c1-30-5-7-32-9-11-34-13-15-36-17-19-38-22-24-3-4-25(26(21-24)27(28)29)23-39-20-18-37-16-14-35-12-10-33-8-6-31-2/h3-4,21,28-29H,5-20,22-23H2,1-2H3. The fraction of sp³-hybridized carbons (Fsp3) is 0.769. The molecule has 0 saturated heterocycles. The van der Waals surface area contributed by atoms with Gasteiger partial charge in [-0.3, -0.25) is 0 Å². The minimum absolute atomic E-state index is 0.238. The second kappa shape index (κ2) is 27.0. The first-order valence-corrected chi connectivity index (χ1v) is 13.3. The lowest BCUT2D eigenvalue weighted by atomic mass is 9.76. The highest BCUT2D eigenvalue weighted by molar-refractivity contribution is 6.59. The molecule has 0 radical (unpaired) electrons. The van der Waals surface area contributed by atoms with Crippen LogP contribution in [0.2, 0.25) is 0 Å². The van der Waals surface area contributed by atoms with Crippen LogP contribution in [0.5, 0.6) is 0 Å². The lowest BCUT2D eigenvalue weighted by molar-refractivity contribution is -0.00964. The summed E-state index contributed by atoms with van der Waals surface area (Å²) in [6, 6.07) is 5.39. The van der Waals surface area contributed by atoms with Gasteiger partial charge in [-0.1, -0.05) is 18.2 Å². The van der Waals surface area contributed by atoms with Gasteiger partial charge >= 0.3 is 7.12 Å². The summed E-state index contributed by atoms with van der Waals surface area (Å²) >= 11 is 0. The van der Waals surface area contributed by atoms with E-state index in [-0.39, 0.29) is 6.61 Å². The predicted molar refractivity (Wildman–Crippen MR) is 144 cm³/mol. The van der Waals surface area contributed by atoms with Crippen LogP contribution in [0.25, 0.3) is 0 Å². The van der Waals surface area contributed by atoms with Crippen LogP contribution in [0, 0.1) is 0 Å². The van der Waals surface area contributed by atoms with Gasteiger partial charge in [-0.15, -0.1) is 0 Å². The molecule has 0 bridgehead atoms. The molecule has 0 unspecified atom stereocenters. The Hall–Kier alpha value is -1.20. The molecule has 0 spiro atoms. The van der Waals surface area contributed by atoms with Crippen molar-refractivity contribution < 1.29 is 57.4 Å². The van der Waals surface area contributed by atoms with E-state index in [9.17, 15) is 10.0 Å². The fourth-order valence-electron chi connectivity index (χ4n) is 3.08. The Morgan fingerprint density at radius 3 is 1.23 bits per heavy atom. The zero-order chi connectivity index (χ0) is 28.2.